The van der Waals surface area contributed by atoms with Gasteiger partial charge in [-0.05, 0) is 11.6 Å². The van der Waals surface area contributed by atoms with Crippen molar-refractivity contribution in [3.63, 3.8) is 0 Å². The van der Waals surface area contributed by atoms with Crippen LogP contribution in [0.4, 0.5) is 5.69 Å². The first-order chi connectivity index (χ1) is 6.38. The second-order valence-electron chi connectivity index (χ2n) is 3.22. The van der Waals surface area contributed by atoms with E-state index in [4.69, 9.17) is 5.73 Å². The van der Waals surface area contributed by atoms with Gasteiger partial charge < -0.3 is 16.4 Å². The van der Waals surface area contributed by atoms with Crippen LogP contribution in [-0.4, -0.2) is 24.6 Å². The van der Waals surface area contributed by atoms with Gasteiger partial charge in [0.2, 0.25) is 0 Å². The van der Waals surface area contributed by atoms with E-state index in [1.54, 1.807) is 12.4 Å². The highest BCUT2D eigenvalue weighted by Gasteiger charge is 2.15. The summed E-state index contributed by atoms with van der Waals surface area (Å²) in [6.07, 6.45) is 3.48. The second-order valence-corrected chi connectivity index (χ2v) is 3.22. The van der Waals surface area contributed by atoms with Crippen LogP contribution in [0.5, 0.6) is 0 Å². The number of nitrogens with zero attached hydrogens (tertiary/aromatic N) is 1. The van der Waals surface area contributed by atoms with Crippen molar-refractivity contribution in [2.45, 2.75) is 6.04 Å². The van der Waals surface area contributed by atoms with Gasteiger partial charge in [0.15, 0.2) is 0 Å². The minimum atomic E-state index is 0.330. The van der Waals surface area contributed by atoms with Crippen LogP contribution in [0.15, 0.2) is 18.5 Å². The largest absolute Gasteiger partial charge is 0.397 e. The smallest absolute Gasteiger partial charge is 0.0549 e. The highest BCUT2D eigenvalue weighted by molar-refractivity contribution is 5.46. The number of nitrogen functional groups attached to an aromatic ring is 1. The maximum atomic E-state index is 5.82. The fraction of sp³-hybridized carbons (Fsp3) is 0.444. The molecule has 1 fully saturated rings. The molecule has 4 nitrogen and oxygen atoms in total. The van der Waals surface area contributed by atoms with E-state index in [1.165, 1.54) is 0 Å². The minimum Gasteiger partial charge on any atom is -0.397 e. The third kappa shape index (κ3) is 1.79. The molecule has 0 amide bonds. The Bertz CT molecular complexity index is 281. The van der Waals surface area contributed by atoms with Crippen molar-refractivity contribution in [3.8, 4) is 0 Å². The third-order valence-electron chi connectivity index (χ3n) is 2.30. The van der Waals surface area contributed by atoms with Crippen molar-refractivity contribution in [3.05, 3.63) is 24.0 Å². The first kappa shape index (κ1) is 8.47. The van der Waals surface area contributed by atoms with Gasteiger partial charge in [-0.2, -0.15) is 0 Å². The van der Waals surface area contributed by atoms with Crippen molar-refractivity contribution in [2.75, 3.05) is 25.4 Å². The molecule has 1 saturated heterocycles. The number of aromatic nitrogens is 1. The molecule has 1 aromatic heterocycles. The Kier molecular flexibility index (Phi) is 2.42. The lowest BCUT2D eigenvalue weighted by Gasteiger charge is -2.25. The highest BCUT2D eigenvalue weighted by Crippen LogP contribution is 2.18. The van der Waals surface area contributed by atoms with Gasteiger partial charge in [0, 0.05) is 31.9 Å². The summed E-state index contributed by atoms with van der Waals surface area (Å²) in [6.45, 7) is 2.96. The molecule has 1 aliphatic rings. The molecule has 0 bridgehead atoms. The number of rotatable bonds is 1. The Hall–Kier alpha value is -1.13. The molecule has 0 aliphatic carbocycles. The van der Waals surface area contributed by atoms with E-state index in [0.717, 1.165) is 30.9 Å². The van der Waals surface area contributed by atoms with Crippen LogP contribution in [0, 0.1) is 0 Å². The fourth-order valence-corrected chi connectivity index (χ4v) is 1.61. The summed E-state index contributed by atoms with van der Waals surface area (Å²) in [5.74, 6) is 0. The maximum absolute atomic E-state index is 5.82. The van der Waals surface area contributed by atoms with Gasteiger partial charge >= 0.3 is 0 Å². The number of hydrogen-bond donors (Lipinski definition) is 3. The summed E-state index contributed by atoms with van der Waals surface area (Å²) in [5, 5.41) is 6.73. The molecule has 70 valence electrons. The predicted octanol–water partition coefficient (Wildman–Crippen LogP) is -0.102. The monoisotopic (exact) mass is 178 g/mol. The van der Waals surface area contributed by atoms with Gasteiger partial charge in [-0.25, -0.2) is 0 Å². The van der Waals surface area contributed by atoms with Crippen molar-refractivity contribution in [2.24, 2.45) is 0 Å². The molecule has 0 unspecified atom stereocenters. The fourth-order valence-electron chi connectivity index (χ4n) is 1.61. The second kappa shape index (κ2) is 3.72. The lowest BCUT2D eigenvalue weighted by molar-refractivity contribution is 0.431. The van der Waals surface area contributed by atoms with Crippen LogP contribution in [0.2, 0.25) is 0 Å². The molecule has 0 aromatic carbocycles. The summed E-state index contributed by atoms with van der Waals surface area (Å²) < 4.78 is 0. The number of piperazine rings is 1. The number of anilines is 1. The van der Waals surface area contributed by atoms with E-state index < -0.39 is 0 Å². The number of nitrogens with one attached hydrogen (secondary N) is 2. The molecule has 1 aromatic rings. The molecule has 1 atom stereocenters. The molecule has 0 spiro atoms. The average molecular weight is 178 g/mol. The Labute approximate surface area is 77.5 Å². The molecule has 2 heterocycles. The Morgan fingerprint density at radius 3 is 3.08 bits per heavy atom. The topological polar surface area (TPSA) is 63.0 Å². The standard InChI is InChI=1S/C9H14N4/c10-8-5-11-2-1-7(8)9-6-12-3-4-13-9/h1-2,5,9,12-13H,3-4,6,10H2/t9-/m1/s1. The Morgan fingerprint density at radius 1 is 1.46 bits per heavy atom. The zero-order chi connectivity index (χ0) is 9.10. The van der Waals surface area contributed by atoms with Crippen molar-refractivity contribution >= 4 is 5.69 Å². The molecule has 13 heavy (non-hydrogen) atoms. The molecule has 4 N–H and O–H groups in total. The summed E-state index contributed by atoms with van der Waals surface area (Å²) >= 11 is 0. The van der Waals surface area contributed by atoms with Crippen LogP contribution >= 0.6 is 0 Å². The quantitative estimate of drug-likeness (QED) is 0.562. The summed E-state index contributed by atoms with van der Waals surface area (Å²) in [4.78, 5) is 3.97. The van der Waals surface area contributed by atoms with Gasteiger partial charge in [-0.15, -0.1) is 0 Å². The summed E-state index contributed by atoms with van der Waals surface area (Å²) in [5.41, 5.74) is 7.73. The van der Waals surface area contributed by atoms with E-state index in [2.05, 4.69) is 15.6 Å². The molecular weight excluding hydrogens is 164 g/mol. The van der Waals surface area contributed by atoms with Crippen LogP contribution in [0.25, 0.3) is 0 Å². The molecule has 0 radical (unpaired) electrons. The van der Waals surface area contributed by atoms with Gasteiger partial charge in [0.05, 0.1) is 11.9 Å². The van der Waals surface area contributed by atoms with Crippen molar-refractivity contribution in [1.29, 1.82) is 0 Å². The van der Waals surface area contributed by atoms with E-state index >= 15 is 0 Å². The zero-order valence-corrected chi connectivity index (χ0v) is 7.46. The summed E-state index contributed by atoms with van der Waals surface area (Å²) in [6, 6.07) is 2.30. The van der Waals surface area contributed by atoms with Crippen LogP contribution in [-0.2, 0) is 0 Å². The lowest BCUT2D eigenvalue weighted by Crippen LogP contribution is -2.42. The van der Waals surface area contributed by atoms with Crippen LogP contribution in [0.3, 0.4) is 0 Å². The highest BCUT2D eigenvalue weighted by atomic mass is 15.1. The minimum absolute atomic E-state index is 0.330. The normalized spacial score (nSPS) is 22.9. The van der Waals surface area contributed by atoms with Gasteiger partial charge in [-0.3, -0.25) is 4.98 Å². The maximum Gasteiger partial charge on any atom is 0.0549 e. The Morgan fingerprint density at radius 2 is 2.38 bits per heavy atom. The van der Waals surface area contributed by atoms with E-state index in [9.17, 15) is 0 Å². The van der Waals surface area contributed by atoms with Gasteiger partial charge in [0.25, 0.3) is 0 Å². The van der Waals surface area contributed by atoms with Gasteiger partial charge in [0.1, 0.15) is 0 Å². The SMILES string of the molecule is Nc1cnccc1[C@H]1CNCCN1. The molecular formula is C9H14N4. The van der Waals surface area contributed by atoms with E-state index in [-0.39, 0.29) is 0 Å². The molecule has 2 rings (SSSR count). The predicted molar refractivity (Wildman–Crippen MR) is 52.3 cm³/mol. The summed E-state index contributed by atoms with van der Waals surface area (Å²) in [7, 11) is 0. The lowest BCUT2D eigenvalue weighted by atomic mass is 10.1. The first-order valence-corrected chi connectivity index (χ1v) is 4.51. The van der Waals surface area contributed by atoms with Crippen LogP contribution < -0.4 is 16.4 Å². The number of hydrogen-bond acceptors (Lipinski definition) is 4. The number of pyridine rings is 1. The molecule has 0 saturated carbocycles. The third-order valence-corrected chi connectivity index (χ3v) is 2.30. The van der Waals surface area contributed by atoms with Crippen molar-refractivity contribution in [1.82, 2.24) is 15.6 Å². The molecule has 1 aliphatic heterocycles. The Balaban J connectivity index is 2.18. The number of nitrogens with two attached hydrogens (primary N) is 1. The van der Waals surface area contributed by atoms with Crippen molar-refractivity contribution < 1.29 is 0 Å². The van der Waals surface area contributed by atoms with Crippen LogP contribution in [0.1, 0.15) is 11.6 Å². The first-order valence-electron chi connectivity index (χ1n) is 4.51. The van der Waals surface area contributed by atoms with E-state index in [1.807, 2.05) is 6.07 Å². The van der Waals surface area contributed by atoms with E-state index in [0.29, 0.717) is 6.04 Å². The molecule has 4 heteroatoms. The average Bonchev–Trinajstić information content (AvgIpc) is 2.20. The zero-order valence-electron chi connectivity index (χ0n) is 7.46. The van der Waals surface area contributed by atoms with Gasteiger partial charge in [-0.1, -0.05) is 0 Å².